The zero-order valence-corrected chi connectivity index (χ0v) is 7.23. The van der Waals surface area contributed by atoms with Crippen molar-refractivity contribution < 1.29 is 9.13 Å². The first-order chi connectivity index (χ1) is 5.76. The summed E-state index contributed by atoms with van der Waals surface area (Å²) in [5.74, 6) is 0.247. The van der Waals surface area contributed by atoms with E-state index in [1.807, 2.05) is 6.92 Å². The van der Waals surface area contributed by atoms with E-state index < -0.39 is 0 Å². The maximum atomic E-state index is 12.8. The predicted molar refractivity (Wildman–Crippen MR) is 47.1 cm³/mol. The fraction of sp³-hybridized carbons (Fsp3) is 0.333. The fourth-order valence-corrected chi connectivity index (χ4v) is 0.987. The number of hydrogen-bond acceptors (Lipinski definition) is 2. The topological polar surface area (TPSA) is 21.3 Å². The number of benzene rings is 1. The number of nitrogens with one attached hydrogen (secondary N) is 1. The summed E-state index contributed by atoms with van der Waals surface area (Å²) in [5, 5.41) is 3.00. The molecule has 3 heteroatoms. The quantitative estimate of drug-likeness (QED) is 0.749. The maximum Gasteiger partial charge on any atom is 0.128 e. The fourth-order valence-electron chi connectivity index (χ4n) is 0.987. The standard InChI is InChI=1S/C9H12FNO/c1-3-11-8-4-7(10)5-9(6-8)12-2/h4-6,11H,3H2,1-2H3. The van der Waals surface area contributed by atoms with Gasteiger partial charge in [-0.1, -0.05) is 0 Å². The van der Waals surface area contributed by atoms with Crippen LogP contribution in [0, 0.1) is 5.82 Å². The van der Waals surface area contributed by atoms with E-state index in [9.17, 15) is 4.39 Å². The molecule has 0 saturated carbocycles. The molecule has 0 bridgehead atoms. The van der Waals surface area contributed by atoms with Crippen molar-refractivity contribution in [2.24, 2.45) is 0 Å². The van der Waals surface area contributed by atoms with Crippen LogP contribution in [-0.4, -0.2) is 13.7 Å². The number of methoxy groups -OCH3 is 1. The first kappa shape index (κ1) is 8.84. The highest BCUT2D eigenvalue weighted by Gasteiger charge is 1.98. The largest absolute Gasteiger partial charge is 0.497 e. The Morgan fingerprint density at radius 3 is 2.75 bits per heavy atom. The van der Waals surface area contributed by atoms with E-state index in [-0.39, 0.29) is 5.82 Å². The SMILES string of the molecule is CCNc1cc(F)cc(OC)c1. The minimum absolute atomic E-state index is 0.287. The molecule has 2 nitrogen and oxygen atoms in total. The molecule has 0 unspecified atom stereocenters. The van der Waals surface area contributed by atoms with Crippen molar-refractivity contribution in [2.75, 3.05) is 19.0 Å². The molecule has 0 spiro atoms. The lowest BCUT2D eigenvalue weighted by Crippen LogP contribution is -1.97. The molecule has 66 valence electrons. The van der Waals surface area contributed by atoms with Gasteiger partial charge in [-0.2, -0.15) is 0 Å². The zero-order valence-electron chi connectivity index (χ0n) is 7.23. The zero-order chi connectivity index (χ0) is 8.97. The van der Waals surface area contributed by atoms with Gasteiger partial charge in [-0.3, -0.25) is 0 Å². The van der Waals surface area contributed by atoms with Crippen LogP contribution in [0.1, 0.15) is 6.92 Å². The molecule has 0 aliphatic rings. The summed E-state index contributed by atoms with van der Waals surface area (Å²) in [5.41, 5.74) is 0.745. The number of rotatable bonds is 3. The molecule has 0 atom stereocenters. The highest BCUT2D eigenvalue weighted by molar-refractivity contribution is 5.48. The second-order valence-electron chi connectivity index (χ2n) is 2.41. The summed E-state index contributed by atoms with van der Waals surface area (Å²) >= 11 is 0. The summed E-state index contributed by atoms with van der Waals surface area (Å²) in [6.45, 7) is 2.73. The van der Waals surface area contributed by atoms with E-state index in [0.29, 0.717) is 5.75 Å². The average molecular weight is 169 g/mol. The van der Waals surface area contributed by atoms with Crippen LogP contribution in [0.25, 0.3) is 0 Å². The van der Waals surface area contributed by atoms with Gasteiger partial charge in [0.2, 0.25) is 0 Å². The first-order valence-corrected chi connectivity index (χ1v) is 3.84. The molecule has 1 N–H and O–H groups in total. The van der Waals surface area contributed by atoms with Crippen LogP contribution in [0.3, 0.4) is 0 Å². The van der Waals surface area contributed by atoms with Crippen LogP contribution < -0.4 is 10.1 Å². The second kappa shape index (κ2) is 3.95. The highest BCUT2D eigenvalue weighted by atomic mass is 19.1. The lowest BCUT2D eigenvalue weighted by Gasteiger charge is -2.05. The summed E-state index contributed by atoms with van der Waals surface area (Å²) in [7, 11) is 1.52. The molecular formula is C9H12FNO. The summed E-state index contributed by atoms with van der Waals surface area (Å²) in [6, 6.07) is 4.54. The molecule has 12 heavy (non-hydrogen) atoms. The Morgan fingerprint density at radius 1 is 1.42 bits per heavy atom. The molecule has 0 aliphatic heterocycles. The van der Waals surface area contributed by atoms with Crippen molar-refractivity contribution in [3.8, 4) is 5.75 Å². The Hall–Kier alpha value is -1.25. The van der Waals surface area contributed by atoms with Crippen LogP contribution in [0.4, 0.5) is 10.1 Å². The molecule has 0 heterocycles. The van der Waals surface area contributed by atoms with E-state index in [1.54, 1.807) is 6.07 Å². The molecule has 0 saturated heterocycles. The maximum absolute atomic E-state index is 12.8. The van der Waals surface area contributed by atoms with Gasteiger partial charge in [0.25, 0.3) is 0 Å². The lowest BCUT2D eigenvalue weighted by atomic mass is 10.3. The van der Waals surface area contributed by atoms with Crippen molar-refractivity contribution in [3.63, 3.8) is 0 Å². The van der Waals surface area contributed by atoms with Gasteiger partial charge < -0.3 is 10.1 Å². The van der Waals surface area contributed by atoms with Crippen molar-refractivity contribution >= 4 is 5.69 Å². The Kier molecular flexibility index (Phi) is 2.91. The van der Waals surface area contributed by atoms with Crippen LogP contribution in [-0.2, 0) is 0 Å². The van der Waals surface area contributed by atoms with Gasteiger partial charge in [0, 0.05) is 24.4 Å². The number of anilines is 1. The lowest BCUT2D eigenvalue weighted by molar-refractivity contribution is 0.411. The van der Waals surface area contributed by atoms with E-state index >= 15 is 0 Å². The van der Waals surface area contributed by atoms with E-state index in [2.05, 4.69) is 5.32 Å². The summed E-state index contributed by atoms with van der Waals surface area (Å²) in [6.07, 6.45) is 0. The average Bonchev–Trinajstić information content (AvgIpc) is 2.04. The molecule has 0 aromatic heterocycles. The number of hydrogen-bond donors (Lipinski definition) is 1. The van der Waals surface area contributed by atoms with E-state index in [1.165, 1.54) is 19.2 Å². The number of halogens is 1. The smallest absolute Gasteiger partial charge is 0.128 e. The Bertz CT molecular complexity index is 263. The third-order valence-electron chi connectivity index (χ3n) is 1.49. The molecule has 1 aromatic carbocycles. The van der Waals surface area contributed by atoms with Crippen LogP contribution in [0.15, 0.2) is 18.2 Å². The van der Waals surface area contributed by atoms with Crippen LogP contribution in [0.5, 0.6) is 5.75 Å². The summed E-state index contributed by atoms with van der Waals surface area (Å²) in [4.78, 5) is 0. The normalized spacial score (nSPS) is 9.58. The minimum Gasteiger partial charge on any atom is -0.497 e. The van der Waals surface area contributed by atoms with Gasteiger partial charge in [-0.05, 0) is 13.0 Å². The van der Waals surface area contributed by atoms with Crippen molar-refractivity contribution in [3.05, 3.63) is 24.0 Å². The van der Waals surface area contributed by atoms with Gasteiger partial charge in [0.15, 0.2) is 0 Å². The monoisotopic (exact) mass is 169 g/mol. The molecule has 1 rings (SSSR count). The molecule has 0 radical (unpaired) electrons. The highest BCUT2D eigenvalue weighted by Crippen LogP contribution is 2.19. The van der Waals surface area contributed by atoms with Crippen molar-refractivity contribution in [1.82, 2.24) is 0 Å². The third-order valence-corrected chi connectivity index (χ3v) is 1.49. The van der Waals surface area contributed by atoms with Gasteiger partial charge in [-0.25, -0.2) is 4.39 Å². The van der Waals surface area contributed by atoms with Crippen molar-refractivity contribution in [1.29, 1.82) is 0 Å². The predicted octanol–water partition coefficient (Wildman–Crippen LogP) is 2.27. The number of ether oxygens (including phenoxy) is 1. The molecule has 1 aromatic rings. The first-order valence-electron chi connectivity index (χ1n) is 3.84. The molecule has 0 amide bonds. The minimum atomic E-state index is -0.287. The Morgan fingerprint density at radius 2 is 2.17 bits per heavy atom. The van der Waals surface area contributed by atoms with E-state index in [4.69, 9.17) is 4.74 Å². The molecular weight excluding hydrogens is 157 g/mol. The van der Waals surface area contributed by atoms with Gasteiger partial charge in [-0.15, -0.1) is 0 Å². The molecule has 0 aliphatic carbocycles. The van der Waals surface area contributed by atoms with Gasteiger partial charge in [0.05, 0.1) is 7.11 Å². The second-order valence-corrected chi connectivity index (χ2v) is 2.41. The molecule has 0 fully saturated rings. The van der Waals surface area contributed by atoms with Crippen LogP contribution in [0.2, 0.25) is 0 Å². The van der Waals surface area contributed by atoms with Crippen molar-refractivity contribution in [2.45, 2.75) is 6.92 Å². The Balaban J connectivity index is 2.90. The third kappa shape index (κ3) is 2.12. The Labute approximate surface area is 71.4 Å². The van der Waals surface area contributed by atoms with Gasteiger partial charge >= 0.3 is 0 Å². The summed E-state index contributed by atoms with van der Waals surface area (Å²) < 4.78 is 17.7. The van der Waals surface area contributed by atoms with E-state index in [0.717, 1.165) is 12.2 Å². The van der Waals surface area contributed by atoms with Gasteiger partial charge in [0.1, 0.15) is 11.6 Å². The van der Waals surface area contributed by atoms with Crippen LogP contribution >= 0.6 is 0 Å².